The normalized spacial score (nSPS) is 20.4. The van der Waals surface area contributed by atoms with Gasteiger partial charge in [-0.3, -0.25) is 4.79 Å². The van der Waals surface area contributed by atoms with E-state index in [0.717, 1.165) is 17.8 Å². The van der Waals surface area contributed by atoms with E-state index in [2.05, 4.69) is 21.7 Å². The maximum absolute atomic E-state index is 11.8. The van der Waals surface area contributed by atoms with Gasteiger partial charge in [-0.1, -0.05) is 30.3 Å². The van der Waals surface area contributed by atoms with Crippen molar-refractivity contribution in [1.82, 2.24) is 10.3 Å². The molecule has 5 heteroatoms. The van der Waals surface area contributed by atoms with Crippen LogP contribution in [0.15, 0.2) is 42.5 Å². The Bertz CT molecular complexity index is 751. The Kier molecular flexibility index (Phi) is 4.24. The predicted octanol–water partition coefficient (Wildman–Crippen LogP) is 2.69. The zero-order valence-electron chi connectivity index (χ0n) is 12.9. The first-order valence-electron chi connectivity index (χ1n) is 7.66. The van der Waals surface area contributed by atoms with Crippen LogP contribution in [0, 0.1) is 18.3 Å². The highest BCUT2D eigenvalue weighted by molar-refractivity contribution is 5.77. The van der Waals surface area contributed by atoms with Gasteiger partial charge in [-0.2, -0.15) is 5.26 Å². The zero-order chi connectivity index (χ0) is 16.2. The van der Waals surface area contributed by atoms with E-state index in [-0.39, 0.29) is 18.0 Å². The van der Waals surface area contributed by atoms with E-state index in [9.17, 15) is 4.79 Å². The number of hydrogen-bond acceptors (Lipinski definition) is 4. The Balaban J connectivity index is 1.83. The average Bonchev–Trinajstić information content (AvgIpc) is 2.57. The molecule has 0 unspecified atom stereocenters. The molecule has 1 aliphatic rings. The van der Waals surface area contributed by atoms with Gasteiger partial charge in [0.2, 0.25) is 5.91 Å². The van der Waals surface area contributed by atoms with Crippen LogP contribution in [-0.2, 0) is 4.79 Å². The van der Waals surface area contributed by atoms with Crippen molar-refractivity contribution in [3.05, 3.63) is 59.3 Å². The van der Waals surface area contributed by atoms with Crippen LogP contribution >= 0.6 is 0 Å². The molecule has 5 nitrogen and oxygen atoms in total. The summed E-state index contributed by atoms with van der Waals surface area (Å²) in [7, 11) is 0. The van der Waals surface area contributed by atoms with E-state index < -0.39 is 0 Å². The molecule has 116 valence electrons. The van der Waals surface area contributed by atoms with Gasteiger partial charge >= 0.3 is 0 Å². The fourth-order valence-corrected chi connectivity index (χ4v) is 2.88. The SMILES string of the molecule is Cc1nc(N[C@@H]2CCC(=O)N[C@H]2c2ccccc2)ccc1C#N. The molecular formula is C18H18N4O. The second-order valence-corrected chi connectivity index (χ2v) is 5.69. The summed E-state index contributed by atoms with van der Waals surface area (Å²) >= 11 is 0. The van der Waals surface area contributed by atoms with Gasteiger partial charge in [-0.15, -0.1) is 0 Å². The van der Waals surface area contributed by atoms with E-state index in [1.54, 1.807) is 6.07 Å². The van der Waals surface area contributed by atoms with Crippen molar-refractivity contribution in [1.29, 1.82) is 5.26 Å². The molecule has 0 radical (unpaired) electrons. The van der Waals surface area contributed by atoms with Crippen LogP contribution in [0.4, 0.5) is 5.82 Å². The Morgan fingerprint density at radius 2 is 2.04 bits per heavy atom. The third-order valence-corrected chi connectivity index (χ3v) is 4.10. The smallest absolute Gasteiger partial charge is 0.220 e. The quantitative estimate of drug-likeness (QED) is 0.914. The van der Waals surface area contributed by atoms with Gasteiger partial charge in [-0.25, -0.2) is 4.98 Å². The molecule has 3 rings (SSSR count). The maximum atomic E-state index is 11.8. The molecule has 1 saturated heterocycles. The van der Waals surface area contributed by atoms with E-state index in [1.165, 1.54) is 0 Å². The van der Waals surface area contributed by atoms with Gasteiger partial charge in [0.25, 0.3) is 0 Å². The molecule has 1 amide bonds. The van der Waals surface area contributed by atoms with Crippen LogP contribution in [0.1, 0.15) is 35.7 Å². The molecule has 2 heterocycles. The van der Waals surface area contributed by atoms with Crippen LogP contribution in [0.25, 0.3) is 0 Å². The number of aryl methyl sites for hydroxylation is 1. The fraction of sp³-hybridized carbons (Fsp3) is 0.278. The Morgan fingerprint density at radius 1 is 1.26 bits per heavy atom. The van der Waals surface area contributed by atoms with Crippen molar-refractivity contribution in [2.45, 2.75) is 31.8 Å². The molecule has 0 saturated carbocycles. The van der Waals surface area contributed by atoms with Gasteiger partial charge < -0.3 is 10.6 Å². The van der Waals surface area contributed by atoms with Crippen molar-refractivity contribution in [3.8, 4) is 6.07 Å². The molecule has 0 spiro atoms. The number of nitrogens with one attached hydrogen (secondary N) is 2. The maximum Gasteiger partial charge on any atom is 0.220 e. The Hall–Kier alpha value is -2.87. The van der Waals surface area contributed by atoms with Crippen LogP contribution < -0.4 is 10.6 Å². The minimum atomic E-state index is -0.0878. The number of nitriles is 1. The molecule has 1 aliphatic heterocycles. The second-order valence-electron chi connectivity index (χ2n) is 5.69. The van der Waals surface area contributed by atoms with E-state index in [0.29, 0.717) is 17.7 Å². The van der Waals surface area contributed by atoms with Crippen molar-refractivity contribution in [2.24, 2.45) is 0 Å². The minimum absolute atomic E-state index is 0.0648. The fourth-order valence-electron chi connectivity index (χ4n) is 2.88. The highest BCUT2D eigenvalue weighted by atomic mass is 16.1. The number of piperidine rings is 1. The summed E-state index contributed by atoms with van der Waals surface area (Å²) in [6, 6.07) is 15.6. The van der Waals surface area contributed by atoms with Crippen LogP contribution in [0.2, 0.25) is 0 Å². The number of pyridine rings is 1. The molecule has 23 heavy (non-hydrogen) atoms. The van der Waals surface area contributed by atoms with E-state index in [4.69, 9.17) is 5.26 Å². The van der Waals surface area contributed by atoms with Crippen molar-refractivity contribution in [3.63, 3.8) is 0 Å². The van der Waals surface area contributed by atoms with Crippen LogP contribution in [-0.4, -0.2) is 16.9 Å². The lowest BCUT2D eigenvalue weighted by Crippen LogP contribution is -2.45. The van der Waals surface area contributed by atoms with Crippen molar-refractivity contribution in [2.75, 3.05) is 5.32 Å². The predicted molar refractivity (Wildman–Crippen MR) is 87.7 cm³/mol. The number of carbonyl (C=O) groups excluding carboxylic acids is 1. The van der Waals surface area contributed by atoms with Gasteiger partial charge in [0.05, 0.1) is 23.3 Å². The third-order valence-electron chi connectivity index (χ3n) is 4.10. The Morgan fingerprint density at radius 3 is 2.74 bits per heavy atom. The van der Waals surface area contributed by atoms with Crippen molar-refractivity contribution < 1.29 is 4.79 Å². The van der Waals surface area contributed by atoms with E-state index in [1.807, 2.05) is 43.3 Å². The largest absolute Gasteiger partial charge is 0.365 e. The number of amides is 1. The number of rotatable bonds is 3. The van der Waals surface area contributed by atoms with E-state index >= 15 is 0 Å². The monoisotopic (exact) mass is 306 g/mol. The van der Waals surface area contributed by atoms with Gasteiger partial charge in [0.15, 0.2) is 0 Å². The molecule has 0 aliphatic carbocycles. The molecular weight excluding hydrogens is 288 g/mol. The molecule has 2 atom stereocenters. The Labute approximate surface area is 135 Å². The summed E-state index contributed by atoms with van der Waals surface area (Å²) < 4.78 is 0. The summed E-state index contributed by atoms with van der Waals surface area (Å²) in [5.74, 6) is 0.796. The van der Waals surface area contributed by atoms with Gasteiger partial charge in [0.1, 0.15) is 11.9 Å². The summed E-state index contributed by atoms with van der Waals surface area (Å²) in [4.78, 5) is 16.2. The zero-order valence-corrected chi connectivity index (χ0v) is 12.9. The summed E-state index contributed by atoms with van der Waals surface area (Å²) in [5.41, 5.74) is 2.35. The third kappa shape index (κ3) is 3.32. The van der Waals surface area contributed by atoms with Crippen molar-refractivity contribution >= 4 is 11.7 Å². The number of anilines is 1. The summed E-state index contributed by atoms with van der Waals surface area (Å²) in [5, 5.41) is 15.5. The second kappa shape index (κ2) is 6.49. The topological polar surface area (TPSA) is 77.8 Å². The van der Waals surface area contributed by atoms with Gasteiger partial charge in [-0.05, 0) is 31.0 Å². The lowest BCUT2D eigenvalue weighted by molar-refractivity contribution is -0.123. The molecule has 1 aromatic heterocycles. The standard InChI is InChI=1S/C18H18N4O/c1-12-14(11-19)7-9-16(20-12)21-15-8-10-17(23)22-18(15)13-5-3-2-4-6-13/h2-7,9,15,18H,8,10H2,1H3,(H,20,21)(H,22,23)/t15-,18+/m1/s1. The molecule has 0 bridgehead atoms. The first kappa shape index (κ1) is 15.0. The lowest BCUT2D eigenvalue weighted by atomic mass is 9.92. The number of benzene rings is 1. The summed E-state index contributed by atoms with van der Waals surface area (Å²) in [6.45, 7) is 1.82. The lowest BCUT2D eigenvalue weighted by Gasteiger charge is -2.33. The number of nitrogens with zero attached hydrogens (tertiary/aromatic N) is 2. The highest BCUT2D eigenvalue weighted by Crippen LogP contribution is 2.26. The average molecular weight is 306 g/mol. The molecule has 2 N–H and O–H groups in total. The summed E-state index contributed by atoms with van der Waals surface area (Å²) in [6.07, 6.45) is 1.24. The minimum Gasteiger partial charge on any atom is -0.365 e. The number of hydrogen-bond donors (Lipinski definition) is 2. The first-order valence-corrected chi connectivity index (χ1v) is 7.66. The molecule has 1 aromatic carbocycles. The van der Waals surface area contributed by atoms with Crippen LogP contribution in [0.3, 0.4) is 0 Å². The highest BCUT2D eigenvalue weighted by Gasteiger charge is 2.30. The number of aromatic nitrogens is 1. The molecule has 1 fully saturated rings. The van der Waals surface area contributed by atoms with Gasteiger partial charge in [0, 0.05) is 6.42 Å². The van der Waals surface area contributed by atoms with Crippen LogP contribution in [0.5, 0.6) is 0 Å². The first-order chi connectivity index (χ1) is 11.2. The molecule has 2 aromatic rings. The number of carbonyl (C=O) groups is 1.